The van der Waals surface area contributed by atoms with Gasteiger partial charge in [0.15, 0.2) is 0 Å². The summed E-state index contributed by atoms with van der Waals surface area (Å²) in [5.74, 6) is 0.309. The number of carbonyl (C=O) groups is 2. The van der Waals surface area contributed by atoms with Crippen molar-refractivity contribution in [2.24, 2.45) is 0 Å². The second-order valence-electron chi connectivity index (χ2n) is 6.20. The van der Waals surface area contributed by atoms with E-state index in [4.69, 9.17) is 0 Å². The molecule has 1 aliphatic heterocycles. The molecule has 1 aromatic carbocycles. The lowest BCUT2D eigenvalue weighted by molar-refractivity contribution is -0.127. The van der Waals surface area contributed by atoms with Crippen molar-refractivity contribution in [2.45, 2.75) is 45.2 Å². The molecule has 7 nitrogen and oxygen atoms in total. The van der Waals surface area contributed by atoms with E-state index < -0.39 is 6.04 Å². The maximum Gasteiger partial charge on any atom is 0.251 e. The van der Waals surface area contributed by atoms with Crippen LogP contribution in [0.5, 0.6) is 0 Å². The first kappa shape index (κ1) is 17.1. The van der Waals surface area contributed by atoms with E-state index in [-0.39, 0.29) is 18.2 Å². The second-order valence-corrected chi connectivity index (χ2v) is 6.20. The number of hydrogen-bond acceptors (Lipinski definition) is 4. The van der Waals surface area contributed by atoms with Crippen molar-refractivity contribution in [1.29, 1.82) is 0 Å². The molecule has 2 heterocycles. The number of carbonyl (C=O) groups excluding carboxylic acids is 2. The van der Waals surface area contributed by atoms with Crippen molar-refractivity contribution in [3.63, 3.8) is 0 Å². The van der Waals surface area contributed by atoms with Gasteiger partial charge in [-0.3, -0.25) is 14.5 Å². The lowest BCUT2D eigenvalue weighted by Crippen LogP contribution is -2.51. The molecule has 0 fully saturated rings. The van der Waals surface area contributed by atoms with Gasteiger partial charge in [-0.2, -0.15) is 10.1 Å². The van der Waals surface area contributed by atoms with E-state index in [9.17, 15) is 9.59 Å². The number of amides is 2. The Labute approximate surface area is 147 Å². The van der Waals surface area contributed by atoms with E-state index >= 15 is 0 Å². The van der Waals surface area contributed by atoms with Gasteiger partial charge in [0.25, 0.3) is 5.91 Å². The minimum absolute atomic E-state index is 0.114. The summed E-state index contributed by atoms with van der Waals surface area (Å²) in [5.41, 5.74) is 0.931. The smallest absolute Gasteiger partial charge is 0.251 e. The van der Waals surface area contributed by atoms with Crippen LogP contribution in [-0.2, 0) is 22.6 Å². The summed E-state index contributed by atoms with van der Waals surface area (Å²) < 4.78 is 1.73. The second kappa shape index (κ2) is 7.92. The van der Waals surface area contributed by atoms with Gasteiger partial charge in [-0.1, -0.05) is 43.7 Å². The Kier molecular flexibility index (Phi) is 5.42. The highest BCUT2D eigenvalue weighted by atomic mass is 16.2. The fourth-order valence-corrected chi connectivity index (χ4v) is 3.07. The van der Waals surface area contributed by atoms with E-state index in [1.54, 1.807) is 9.58 Å². The Morgan fingerprint density at radius 1 is 1.24 bits per heavy atom. The van der Waals surface area contributed by atoms with Gasteiger partial charge in [-0.15, -0.1) is 0 Å². The third-order valence-corrected chi connectivity index (χ3v) is 4.27. The molecule has 2 amide bonds. The molecule has 0 bridgehead atoms. The number of rotatable bonds is 6. The number of benzene rings is 1. The van der Waals surface area contributed by atoms with Gasteiger partial charge in [-0.25, -0.2) is 4.68 Å². The summed E-state index contributed by atoms with van der Waals surface area (Å²) in [6.45, 7) is 3.37. The Morgan fingerprint density at radius 2 is 2.04 bits per heavy atom. The summed E-state index contributed by atoms with van der Waals surface area (Å²) in [6.07, 6.45) is 3.97. The van der Waals surface area contributed by atoms with Crippen molar-refractivity contribution in [1.82, 2.24) is 20.1 Å². The van der Waals surface area contributed by atoms with Gasteiger partial charge in [0.2, 0.25) is 11.9 Å². The minimum Gasteiger partial charge on any atom is -0.344 e. The molecule has 1 atom stereocenters. The molecular formula is C18H23N5O2. The van der Waals surface area contributed by atoms with Crippen LogP contribution in [0.2, 0.25) is 0 Å². The average Bonchev–Trinajstić information content (AvgIpc) is 3.10. The Hall–Kier alpha value is -2.70. The number of aromatic nitrogens is 3. The molecule has 25 heavy (non-hydrogen) atoms. The third kappa shape index (κ3) is 4.04. The predicted octanol–water partition coefficient (Wildman–Crippen LogP) is 1.54. The van der Waals surface area contributed by atoms with Gasteiger partial charge in [0.1, 0.15) is 12.4 Å². The SMILES string of the molecule is CCCC(NC(=O)Cc1ccccc1)C(=O)N1CCCn2ncnc21. The molecule has 0 aliphatic carbocycles. The normalized spacial score (nSPS) is 14.7. The van der Waals surface area contributed by atoms with Gasteiger partial charge < -0.3 is 5.32 Å². The van der Waals surface area contributed by atoms with Gasteiger partial charge in [0.05, 0.1) is 6.42 Å². The fraction of sp³-hybridized carbons (Fsp3) is 0.444. The fourth-order valence-electron chi connectivity index (χ4n) is 3.07. The monoisotopic (exact) mass is 341 g/mol. The first-order valence-corrected chi connectivity index (χ1v) is 8.71. The molecule has 1 N–H and O–H groups in total. The highest BCUT2D eigenvalue weighted by Gasteiger charge is 2.30. The number of anilines is 1. The predicted molar refractivity (Wildman–Crippen MR) is 94.0 cm³/mol. The van der Waals surface area contributed by atoms with E-state index in [1.807, 2.05) is 37.3 Å². The summed E-state index contributed by atoms with van der Waals surface area (Å²) >= 11 is 0. The van der Waals surface area contributed by atoms with Crippen LogP contribution >= 0.6 is 0 Å². The van der Waals surface area contributed by atoms with Crippen LogP contribution in [0.25, 0.3) is 0 Å². The standard InChI is InChI=1S/C18H23N5O2/c1-2-7-15(21-16(24)12-14-8-4-3-5-9-14)17(25)22-10-6-11-23-18(22)19-13-20-23/h3-5,8-9,13,15H,2,6-7,10-12H2,1H3,(H,21,24). The van der Waals surface area contributed by atoms with Crippen molar-refractivity contribution in [3.8, 4) is 0 Å². The average molecular weight is 341 g/mol. The van der Waals surface area contributed by atoms with Crippen LogP contribution in [0, 0.1) is 0 Å². The van der Waals surface area contributed by atoms with Crippen LogP contribution in [0.1, 0.15) is 31.7 Å². The highest BCUT2D eigenvalue weighted by Crippen LogP contribution is 2.18. The summed E-state index contributed by atoms with van der Waals surface area (Å²) in [4.78, 5) is 31.2. The largest absolute Gasteiger partial charge is 0.344 e. The zero-order chi connectivity index (χ0) is 17.6. The van der Waals surface area contributed by atoms with Crippen LogP contribution in [0.4, 0.5) is 5.95 Å². The first-order chi connectivity index (χ1) is 12.2. The third-order valence-electron chi connectivity index (χ3n) is 4.27. The molecular weight excluding hydrogens is 318 g/mol. The van der Waals surface area contributed by atoms with Gasteiger partial charge in [0, 0.05) is 13.1 Å². The number of nitrogens with zero attached hydrogens (tertiary/aromatic N) is 4. The van der Waals surface area contributed by atoms with Crippen molar-refractivity contribution < 1.29 is 9.59 Å². The van der Waals surface area contributed by atoms with Crippen LogP contribution < -0.4 is 10.2 Å². The van der Waals surface area contributed by atoms with Crippen molar-refractivity contribution in [2.75, 3.05) is 11.4 Å². The van der Waals surface area contributed by atoms with Crippen LogP contribution in [0.3, 0.4) is 0 Å². The van der Waals surface area contributed by atoms with Crippen molar-refractivity contribution >= 4 is 17.8 Å². The van der Waals surface area contributed by atoms with E-state index in [0.29, 0.717) is 18.9 Å². The zero-order valence-electron chi connectivity index (χ0n) is 14.4. The van der Waals surface area contributed by atoms with E-state index in [1.165, 1.54) is 6.33 Å². The molecule has 7 heteroatoms. The molecule has 1 aromatic heterocycles. The number of aryl methyl sites for hydroxylation is 1. The maximum absolute atomic E-state index is 13.0. The summed E-state index contributed by atoms with van der Waals surface area (Å²) in [6, 6.07) is 8.99. The lowest BCUT2D eigenvalue weighted by Gasteiger charge is -2.29. The molecule has 132 valence electrons. The molecule has 0 spiro atoms. The van der Waals surface area contributed by atoms with Crippen LogP contribution in [-0.4, -0.2) is 39.2 Å². The molecule has 3 rings (SSSR count). The van der Waals surface area contributed by atoms with Gasteiger partial charge >= 0.3 is 0 Å². The number of nitrogens with one attached hydrogen (secondary N) is 1. The van der Waals surface area contributed by atoms with E-state index in [2.05, 4.69) is 15.4 Å². The molecule has 2 aromatic rings. The maximum atomic E-state index is 13.0. The minimum atomic E-state index is -0.538. The summed E-state index contributed by atoms with van der Waals surface area (Å²) in [5, 5.41) is 7.03. The molecule has 0 radical (unpaired) electrons. The number of fused-ring (bicyclic) bond motifs is 1. The van der Waals surface area contributed by atoms with Crippen LogP contribution in [0.15, 0.2) is 36.7 Å². The summed E-state index contributed by atoms with van der Waals surface area (Å²) in [7, 11) is 0. The highest BCUT2D eigenvalue weighted by molar-refractivity contribution is 5.98. The lowest BCUT2D eigenvalue weighted by atomic mass is 10.1. The number of hydrogen-bond donors (Lipinski definition) is 1. The molecule has 0 saturated carbocycles. The Bertz CT molecular complexity index is 728. The van der Waals surface area contributed by atoms with E-state index in [0.717, 1.165) is 24.9 Å². The molecule has 0 saturated heterocycles. The Morgan fingerprint density at radius 3 is 2.80 bits per heavy atom. The zero-order valence-corrected chi connectivity index (χ0v) is 14.4. The Balaban J connectivity index is 1.68. The molecule has 1 aliphatic rings. The first-order valence-electron chi connectivity index (χ1n) is 8.71. The molecule has 1 unspecified atom stereocenters. The quantitative estimate of drug-likeness (QED) is 0.864. The van der Waals surface area contributed by atoms with Gasteiger partial charge in [-0.05, 0) is 18.4 Å². The topological polar surface area (TPSA) is 80.1 Å². The van der Waals surface area contributed by atoms with Crippen molar-refractivity contribution in [3.05, 3.63) is 42.2 Å².